The molecule has 0 fully saturated rings. The van der Waals surface area contributed by atoms with Crippen LogP contribution in [0.2, 0.25) is 0 Å². The van der Waals surface area contributed by atoms with E-state index in [1.165, 1.54) is 31.4 Å². The molecule has 0 heterocycles. The van der Waals surface area contributed by atoms with Crippen LogP contribution in [0.1, 0.15) is 25.3 Å². The number of hydrogen-bond donors (Lipinski definition) is 1. The molecule has 0 unspecified atom stereocenters. The van der Waals surface area contributed by atoms with Gasteiger partial charge in [-0.2, -0.15) is 0 Å². The molecule has 0 spiro atoms. The van der Waals surface area contributed by atoms with Crippen molar-refractivity contribution in [2.24, 2.45) is 0 Å². The zero-order valence-corrected chi connectivity index (χ0v) is 15.6. The minimum Gasteiger partial charge on any atom is -0.497 e. The van der Waals surface area contributed by atoms with E-state index >= 15 is 0 Å². The van der Waals surface area contributed by atoms with Gasteiger partial charge in [-0.05, 0) is 54.4 Å². The first-order chi connectivity index (χ1) is 12.4. The molecule has 0 saturated heterocycles. The molecule has 0 amide bonds. The summed E-state index contributed by atoms with van der Waals surface area (Å²) in [5, 5.41) is 9.04. The molecule has 0 aromatic heterocycles. The summed E-state index contributed by atoms with van der Waals surface area (Å²) in [5.74, 6) is -0.139. The lowest BCUT2D eigenvalue weighted by Crippen LogP contribution is -2.07. The minimum atomic E-state index is -3.80. The van der Waals surface area contributed by atoms with E-state index in [1.807, 2.05) is 6.92 Å². The first-order valence-corrected chi connectivity index (χ1v) is 9.73. The largest absolute Gasteiger partial charge is 0.497 e. The average Bonchev–Trinajstić information content (AvgIpc) is 2.61. The molecule has 1 N–H and O–H groups in total. The fourth-order valence-corrected chi connectivity index (χ4v) is 3.72. The summed E-state index contributed by atoms with van der Waals surface area (Å²) in [6.07, 6.45) is 1.48. The first-order valence-electron chi connectivity index (χ1n) is 8.24. The van der Waals surface area contributed by atoms with Gasteiger partial charge in [0.1, 0.15) is 11.5 Å². The van der Waals surface area contributed by atoms with Gasteiger partial charge in [0.25, 0.3) is 0 Å². The molecule has 0 aliphatic heterocycles. The highest BCUT2D eigenvalue weighted by molar-refractivity contribution is 7.91. The summed E-state index contributed by atoms with van der Waals surface area (Å²) < 4.78 is 36.5. The van der Waals surface area contributed by atoms with Crippen molar-refractivity contribution in [2.45, 2.75) is 36.0 Å². The second-order valence-corrected chi connectivity index (χ2v) is 7.71. The number of ether oxygens (including phenoxy) is 2. The summed E-state index contributed by atoms with van der Waals surface area (Å²) in [6.45, 7) is 2.46. The van der Waals surface area contributed by atoms with Crippen molar-refractivity contribution in [3.8, 4) is 11.5 Å². The zero-order chi connectivity index (χ0) is 19.2. The number of methoxy groups -OCH3 is 1. The van der Waals surface area contributed by atoms with Crippen LogP contribution in [-0.4, -0.2) is 33.2 Å². The smallest absolute Gasteiger partial charge is 0.307 e. The fourth-order valence-electron chi connectivity index (χ4n) is 2.37. The molecule has 2 aromatic carbocycles. The third-order valence-corrected chi connectivity index (χ3v) is 5.49. The van der Waals surface area contributed by atoms with Crippen LogP contribution < -0.4 is 9.47 Å². The van der Waals surface area contributed by atoms with Crippen molar-refractivity contribution in [1.82, 2.24) is 0 Å². The Balaban J connectivity index is 2.43. The van der Waals surface area contributed by atoms with Crippen LogP contribution in [0, 0.1) is 0 Å². The Kier molecular flexibility index (Phi) is 6.63. The summed E-state index contributed by atoms with van der Waals surface area (Å²) in [6, 6.07) is 10.4. The van der Waals surface area contributed by atoms with E-state index in [4.69, 9.17) is 14.6 Å². The first kappa shape index (κ1) is 19.8. The molecule has 140 valence electrons. The molecule has 0 saturated carbocycles. The van der Waals surface area contributed by atoms with Gasteiger partial charge in [0.15, 0.2) is 0 Å². The average molecular weight is 378 g/mol. The van der Waals surface area contributed by atoms with Crippen molar-refractivity contribution in [2.75, 3.05) is 13.7 Å². The van der Waals surface area contributed by atoms with Gasteiger partial charge in [-0.3, -0.25) is 4.79 Å². The lowest BCUT2D eigenvalue weighted by molar-refractivity contribution is -0.136. The Bertz CT molecular complexity index is 856. The maximum absolute atomic E-state index is 12.9. The second kappa shape index (κ2) is 8.71. The van der Waals surface area contributed by atoms with E-state index in [-0.39, 0.29) is 16.2 Å². The van der Waals surface area contributed by atoms with Crippen molar-refractivity contribution < 1.29 is 27.8 Å². The Hall–Kier alpha value is -2.54. The third-order valence-electron chi connectivity index (χ3n) is 3.74. The molecule has 0 aliphatic rings. The Morgan fingerprint density at radius 1 is 1.04 bits per heavy atom. The molecule has 26 heavy (non-hydrogen) atoms. The van der Waals surface area contributed by atoms with E-state index in [0.717, 1.165) is 12.8 Å². The molecule has 6 nitrogen and oxygen atoms in total. The van der Waals surface area contributed by atoms with Crippen LogP contribution in [0.4, 0.5) is 0 Å². The monoisotopic (exact) mass is 378 g/mol. The van der Waals surface area contributed by atoms with Gasteiger partial charge in [0.2, 0.25) is 9.84 Å². The predicted molar refractivity (Wildman–Crippen MR) is 96.6 cm³/mol. The summed E-state index contributed by atoms with van der Waals surface area (Å²) in [7, 11) is -2.31. The molecule has 7 heteroatoms. The van der Waals surface area contributed by atoms with Crippen molar-refractivity contribution in [1.29, 1.82) is 0 Å². The van der Waals surface area contributed by atoms with Crippen LogP contribution >= 0.6 is 0 Å². The normalized spacial score (nSPS) is 11.2. The van der Waals surface area contributed by atoms with E-state index in [0.29, 0.717) is 23.7 Å². The molecular formula is C19H22O6S. The Morgan fingerprint density at radius 2 is 1.73 bits per heavy atom. The zero-order valence-electron chi connectivity index (χ0n) is 14.8. The van der Waals surface area contributed by atoms with Gasteiger partial charge in [0.05, 0.1) is 29.9 Å². The van der Waals surface area contributed by atoms with E-state index in [9.17, 15) is 13.2 Å². The van der Waals surface area contributed by atoms with Crippen LogP contribution in [0.15, 0.2) is 52.3 Å². The number of aliphatic carboxylic acids is 1. The second-order valence-electron chi connectivity index (χ2n) is 5.76. The van der Waals surface area contributed by atoms with E-state index < -0.39 is 15.8 Å². The van der Waals surface area contributed by atoms with Gasteiger partial charge in [0, 0.05) is 0 Å². The quantitative estimate of drug-likeness (QED) is 0.673. The number of benzene rings is 2. The maximum Gasteiger partial charge on any atom is 0.307 e. The molecule has 0 atom stereocenters. The highest BCUT2D eigenvalue weighted by atomic mass is 32.2. The molecule has 0 radical (unpaired) electrons. The lowest BCUT2D eigenvalue weighted by Gasteiger charge is -2.11. The predicted octanol–water partition coefficient (Wildman–Crippen LogP) is 3.33. The molecule has 2 aromatic rings. The summed E-state index contributed by atoms with van der Waals surface area (Å²) in [5.41, 5.74) is 0.374. The number of rotatable bonds is 9. The van der Waals surface area contributed by atoms with Gasteiger partial charge in [-0.15, -0.1) is 0 Å². The maximum atomic E-state index is 12.9. The number of sulfone groups is 1. The van der Waals surface area contributed by atoms with Gasteiger partial charge >= 0.3 is 5.97 Å². The number of carboxylic acid groups (broad SMARTS) is 1. The van der Waals surface area contributed by atoms with Crippen molar-refractivity contribution >= 4 is 15.8 Å². The van der Waals surface area contributed by atoms with E-state index in [1.54, 1.807) is 18.2 Å². The van der Waals surface area contributed by atoms with Crippen molar-refractivity contribution in [3.63, 3.8) is 0 Å². The summed E-state index contributed by atoms with van der Waals surface area (Å²) in [4.78, 5) is 11.1. The highest BCUT2D eigenvalue weighted by Gasteiger charge is 2.20. The molecule has 0 bridgehead atoms. The van der Waals surface area contributed by atoms with Crippen molar-refractivity contribution in [3.05, 3.63) is 48.0 Å². The van der Waals surface area contributed by atoms with E-state index in [2.05, 4.69) is 0 Å². The lowest BCUT2D eigenvalue weighted by atomic mass is 10.1. The Labute approximate surface area is 153 Å². The van der Waals surface area contributed by atoms with Gasteiger partial charge in [-0.1, -0.05) is 13.3 Å². The number of carboxylic acids is 1. The summed E-state index contributed by atoms with van der Waals surface area (Å²) >= 11 is 0. The SMILES string of the molecule is CCCCOc1cc(CC(=O)O)cc(S(=O)(=O)c2ccc(OC)cc2)c1. The van der Waals surface area contributed by atoms with Crippen LogP contribution in [0.25, 0.3) is 0 Å². The number of hydrogen-bond acceptors (Lipinski definition) is 5. The molecule has 0 aliphatic carbocycles. The highest BCUT2D eigenvalue weighted by Crippen LogP contribution is 2.28. The van der Waals surface area contributed by atoms with Crippen LogP contribution in [-0.2, 0) is 21.1 Å². The molecular weight excluding hydrogens is 356 g/mol. The standard InChI is InChI=1S/C19H22O6S/c1-3-4-9-25-16-10-14(12-19(20)21)11-18(13-16)26(22,23)17-7-5-15(24-2)6-8-17/h5-8,10-11,13H,3-4,9,12H2,1-2H3,(H,20,21). The topological polar surface area (TPSA) is 89.9 Å². The molecule has 2 rings (SSSR count). The van der Waals surface area contributed by atoms with Crippen LogP contribution in [0.3, 0.4) is 0 Å². The number of unbranched alkanes of at least 4 members (excludes halogenated alkanes) is 1. The van der Waals surface area contributed by atoms with Gasteiger partial charge < -0.3 is 14.6 Å². The van der Waals surface area contributed by atoms with Gasteiger partial charge in [-0.25, -0.2) is 8.42 Å². The minimum absolute atomic E-state index is 0.00733. The third kappa shape index (κ3) is 4.98. The Morgan fingerprint density at radius 3 is 2.31 bits per heavy atom. The fraction of sp³-hybridized carbons (Fsp3) is 0.316. The van der Waals surface area contributed by atoms with Crippen LogP contribution in [0.5, 0.6) is 11.5 Å². The number of carbonyl (C=O) groups is 1.